The van der Waals surface area contributed by atoms with Gasteiger partial charge in [-0.15, -0.1) is 6.58 Å². The smallest absolute Gasteiger partial charge is 0.000987 e. The molecule has 0 N–H and O–H groups in total. The van der Waals surface area contributed by atoms with Crippen LogP contribution in [0.2, 0.25) is 0 Å². The van der Waals surface area contributed by atoms with E-state index in [4.69, 9.17) is 0 Å². The van der Waals surface area contributed by atoms with Gasteiger partial charge >= 0.3 is 0 Å². The van der Waals surface area contributed by atoms with Gasteiger partial charge in [0.25, 0.3) is 0 Å². The highest BCUT2D eigenvalue weighted by molar-refractivity contribution is 5.25. The van der Waals surface area contributed by atoms with Crippen molar-refractivity contribution in [1.82, 2.24) is 0 Å². The maximum absolute atomic E-state index is 3.79. The second-order valence-electron chi connectivity index (χ2n) is 2.94. The molecule has 0 heterocycles. The summed E-state index contributed by atoms with van der Waals surface area (Å²) in [6.07, 6.45) is 8.68. The van der Waals surface area contributed by atoms with E-state index in [2.05, 4.69) is 38.7 Å². The van der Waals surface area contributed by atoms with E-state index in [9.17, 15) is 0 Å². The first-order valence-electron chi connectivity index (χ1n) is 3.73. The Labute approximate surface area is 62.9 Å². The zero-order chi connectivity index (χ0) is 7.56. The van der Waals surface area contributed by atoms with Gasteiger partial charge in [-0.3, -0.25) is 0 Å². The molecule has 0 aromatic carbocycles. The highest BCUT2D eigenvalue weighted by Crippen LogP contribution is 2.22. The van der Waals surface area contributed by atoms with Crippen molar-refractivity contribution in [2.75, 3.05) is 0 Å². The van der Waals surface area contributed by atoms with Gasteiger partial charge < -0.3 is 0 Å². The van der Waals surface area contributed by atoms with Gasteiger partial charge in [0.2, 0.25) is 0 Å². The van der Waals surface area contributed by atoms with Crippen molar-refractivity contribution in [3.8, 4) is 0 Å². The molecule has 0 aliphatic heterocycles. The van der Waals surface area contributed by atoms with Gasteiger partial charge in [0.1, 0.15) is 0 Å². The molecule has 2 unspecified atom stereocenters. The zero-order valence-corrected chi connectivity index (χ0v) is 6.67. The molecule has 0 heteroatoms. The van der Waals surface area contributed by atoms with Gasteiger partial charge in [-0.2, -0.15) is 0 Å². The van der Waals surface area contributed by atoms with Crippen LogP contribution in [0.15, 0.2) is 36.5 Å². The molecule has 0 amide bonds. The minimum atomic E-state index is 0.546. The summed E-state index contributed by atoms with van der Waals surface area (Å²) in [4.78, 5) is 0. The van der Waals surface area contributed by atoms with Gasteiger partial charge in [0.05, 0.1) is 0 Å². The molecule has 0 saturated carbocycles. The Bertz CT molecular complexity index is 184. The quantitative estimate of drug-likeness (QED) is 0.484. The topological polar surface area (TPSA) is 0 Å². The summed E-state index contributed by atoms with van der Waals surface area (Å²) < 4.78 is 0. The first-order valence-corrected chi connectivity index (χ1v) is 3.73. The number of rotatable bonds is 1. The van der Waals surface area contributed by atoms with Crippen molar-refractivity contribution in [2.45, 2.75) is 13.8 Å². The molecule has 0 spiro atoms. The Morgan fingerprint density at radius 1 is 1.60 bits per heavy atom. The summed E-state index contributed by atoms with van der Waals surface area (Å²) in [5, 5.41) is 0. The van der Waals surface area contributed by atoms with Crippen LogP contribution >= 0.6 is 0 Å². The van der Waals surface area contributed by atoms with E-state index in [0.717, 1.165) is 0 Å². The van der Waals surface area contributed by atoms with Gasteiger partial charge in [0.15, 0.2) is 0 Å². The summed E-state index contributed by atoms with van der Waals surface area (Å²) >= 11 is 0. The molecular weight excluding hydrogens is 120 g/mol. The Balaban J connectivity index is 2.76. The first kappa shape index (κ1) is 7.33. The molecule has 0 bridgehead atoms. The van der Waals surface area contributed by atoms with Crippen LogP contribution in [0.1, 0.15) is 13.8 Å². The Hall–Kier alpha value is -0.780. The van der Waals surface area contributed by atoms with E-state index < -0.39 is 0 Å². The maximum Gasteiger partial charge on any atom is 0.000987 e. The SMILES string of the molecule is C=CC1C=C(C)C=CC1C. The molecule has 1 aliphatic rings. The third-order valence-corrected chi connectivity index (χ3v) is 2.00. The molecular formula is C10H14. The van der Waals surface area contributed by atoms with E-state index in [1.54, 1.807) is 0 Å². The highest BCUT2D eigenvalue weighted by Gasteiger charge is 2.10. The monoisotopic (exact) mass is 134 g/mol. The van der Waals surface area contributed by atoms with Crippen LogP contribution in [0.25, 0.3) is 0 Å². The molecule has 0 radical (unpaired) electrons. The molecule has 0 nitrogen and oxygen atoms in total. The lowest BCUT2D eigenvalue weighted by atomic mass is 9.88. The van der Waals surface area contributed by atoms with E-state index in [0.29, 0.717) is 11.8 Å². The van der Waals surface area contributed by atoms with Gasteiger partial charge in [0, 0.05) is 5.92 Å². The third kappa shape index (κ3) is 1.38. The zero-order valence-electron chi connectivity index (χ0n) is 6.67. The molecule has 1 rings (SSSR count). The molecule has 0 aromatic heterocycles. The largest absolute Gasteiger partial charge is 0.102 e. The van der Waals surface area contributed by atoms with Crippen molar-refractivity contribution in [3.05, 3.63) is 36.5 Å². The first-order chi connectivity index (χ1) is 4.74. The lowest BCUT2D eigenvalue weighted by molar-refractivity contribution is 0.602. The fourth-order valence-corrected chi connectivity index (χ4v) is 1.23. The van der Waals surface area contributed by atoms with Crippen molar-refractivity contribution in [1.29, 1.82) is 0 Å². The van der Waals surface area contributed by atoms with Crippen molar-refractivity contribution in [3.63, 3.8) is 0 Å². The van der Waals surface area contributed by atoms with Crippen LogP contribution in [0.3, 0.4) is 0 Å². The van der Waals surface area contributed by atoms with Crippen LogP contribution in [0, 0.1) is 11.8 Å². The van der Waals surface area contributed by atoms with E-state index >= 15 is 0 Å². The van der Waals surface area contributed by atoms with Crippen LogP contribution in [-0.2, 0) is 0 Å². The van der Waals surface area contributed by atoms with Crippen LogP contribution < -0.4 is 0 Å². The van der Waals surface area contributed by atoms with Crippen molar-refractivity contribution in [2.24, 2.45) is 11.8 Å². The normalized spacial score (nSPS) is 31.6. The van der Waals surface area contributed by atoms with Crippen molar-refractivity contribution >= 4 is 0 Å². The summed E-state index contributed by atoms with van der Waals surface area (Å²) in [5.74, 6) is 1.17. The maximum atomic E-state index is 3.79. The predicted molar refractivity (Wildman–Crippen MR) is 45.7 cm³/mol. The fraction of sp³-hybridized carbons (Fsp3) is 0.400. The van der Waals surface area contributed by atoms with Crippen LogP contribution in [0.4, 0.5) is 0 Å². The third-order valence-electron chi connectivity index (χ3n) is 2.00. The second kappa shape index (κ2) is 2.87. The van der Waals surface area contributed by atoms with Crippen molar-refractivity contribution < 1.29 is 0 Å². The minimum Gasteiger partial charge on any atom is -0.102 e. The van der Waals surface area contributed by atoms with Gasteiger partial charge in [-0.1, -0.05) is 36.8 Å². The lowest BCUT2D eigenvalue weighted by Gasteiger charge is -2.17. The number of allylic oxidation sites excluding steroid dienone is 5. The average Bonchev–Trinajstić information content (AvgIpc) is 1.94. The Morgan fingerprint density at radius 3 is 2.80 bits per heavy atom. The summed E-state index contributed by atoms with van der Waals surface area (Å²) in [6, 6.07) is 0. The van der Waals surface area contributed by atoms with E-state index in [-0.39, 0.29) is 0 Å². The molecule has 10 heavy (non-hydrogen) atoms. The number of hydrogen-bond donors (Lipinski definition) is 0. The second-order valence-corrected chi connectivity index (χ2v) is 2.94. The summed E-state index contributed by atoms with van der Waals surface area (Å²) in [5.41, 5.74) is 1.35. The van der Waals surface area contributed by atoms with E-state index in [1.807, 2.05) is 6.08 Å². The molecule has 0 fully saturated rings. The molecule has 1 aliphatic carbocycles. The van der Waals surface area contributed by atoms with Gasteiger partial charge in [-0.25, -0.2) is 0 Å². The number of hydrogen-bond acceptors (Lipinski definition) is 0. The average molecular weight is 134 g/mol. The van der Waals surface area contributed by atoms with Gasteiger partial charge in [-0.05, 0) is 12.8 Å². The minimum absolute atomic E-state index is 0.546. The summed E-state index contributed by atoms with van der Waals surface area (Å²) in [7, 11) is 0. The van der Waals surface area contributed by atoms with Crippen LogP contribution in [-0.4, -0.2) is 0 Å². The standard InChI is InChI=1S/C10H14/c1-4-10-7-8(2)5-6-9(10)3/h4-7,9-10H,1H2,2-3H3. The van der Waals surface area contributed by atoms with Crippen LogP contribution in [0.5, 0.6) is 0 Å². The molecule has 54 valence electrons. The molecule has 0 aromatic rings. The fourth-order valence-electron chi connectivity index (χ4n) is 1.23. The van der Waals surface area contributed by atoms with E-state index in [1.165, 1.54) is 5.57 Å². The summed E-state index contributed by atoms with van der Waals surface area (Å²) in [6.45, 7) is 8.13. The molecule has 2 atom stereocenters. The molecule has 0 saturated heterocycles. The predicted octanol–water partition coefficient (Wildman–Crippen LogP) is 2.94. The highest BCUT2D eigenvalue weighted by atomic mass is 14.2. The lowest BCUT2D eigenvalue weighted by Crippen LogP contribution is -2.06. The Kier molecular flexibility index (Phi) is 2.10. The Morgan fingerprint density at radius 2 is 2.30 bits per heavy atom.